The molecule has 1 aliphatic carbocycles. The summed E-state index contributed by atoms with van der Waals surface area (Å²) in [7, 11) is 0. The van der Waals surface area contributed by atoms with Crippen molar-refractivity contribution in [1.29, 1.82) is 5.26 Å². The number of hydrogen-bond acceptors (Lipinski definition) is 12. The Hall–Kier alpha value is -5.59. The number of rotatable bonds is 9. The van der Waals surface area contributed by atoms with Crippen molar-refractivity contribution in [3.8, 4) is 11.8 Å². The molecule has 1 atom stereocenters. The summed E-state index contributed by atoms with van der Waals surface area (Å²) >= 11 is 6.24. The van der Waals surface area contributed by atoms with Crippen molar-refractivity contribution in [3.05, 3.63) is 81.4 Å². The third-order valence-corrected chi connectivity index (χ3v) is 13.1. The van der Waals surface area contributed by atoms with Gasteiger partial charge in [0, 0.05) is 86.2 Å². The maximum absolute atomic E-state index is 13.4. The molecule has 15 nitrogen and oxygen atoms in total. The van der Waals surface area contributed by atoms with E-state index in [-0.39, 0.29) is 48.1 Å². The number of piperazine rings is 1. The number of amides is 3. The van der Waals surface area contributed by atoms with E-state index in [9.17, 15) is 24.4 Å². The Bertz CT molecular complexity index is 2360. The average Bonchev–Trinajstić information content (AvgIpc) is 3.22. The highest BCUT2D eigenvalue weighted by atomic mass is 35.5. The maximum Gasteiger partial charge on any atom is 0.275 e. The first kappa shape index (κ1) is 40.2. The Labute approximate surface area is 347 Å². The van der Waals surface area contributed by atoms with Gasteiger partial charge in [-0.25, -0.2) is 4.68 Å². The lowest BCUT2D eigenvalue weighted by molar-refractivity contribution is -0.164. The number of carbonyl (C=O) groups excluding carboxylic acids is 3. The zero-order chi connectivity index (χ0) is 41.6. The van der Waals surface area contributed by atoms with Crippen molar-refractivity contribution < 1.29 is 19.1 Å². The van der Waals surface area contributed by atoms with Gasteiger partial charge in [0.2, 0.25) is 5.91 Å². The molecule has 0 unspecified atom stereocenters. The van der Waals surface area contributed by atoms with Gasteiger partial charge >= 0.3 is 0 Å². The van der Waals surface area contributed by atoms with Gasteiger partial charge in [-0.1, -0.05) is 39.3 Å². The number of halogens is 1. The highest BCUT2D eigenvalue weighted by Gasteiger charge is 2.64. The molecule has 3 aliphatic heterocycles. The third-order valence-electron chi connectivity index (χ3n) is 12.8. The molecule has 4 aromatic rings. The SMILES string of the molecule is CC1(C)C(NC(=O)c2ccc(N3CCC(CN4CCN(c5ccc6c(=O)n([C@@H]7CCC(=O)NC7=O)ncc6c5)CC4)CC3)nn2)C(C)(C)C1Oc1ccc(C#N)c(Cl)c1. The highest BCUT2D eigenvalue weighted by Crippen LogP contribution is 2.55. The summed E-state index contributed by atoms with van der Waals surface area (Å²) in [6.07, 6.45) is 3.95. The lowest BCUT2D eigenvalue weighted by Gasteiger charge is -2.63. The van der Waals surface area contributed by atoms with Crippen LogP contribution in [0.4, 0.5) is 11.5 Å². The zero-order valence-corrected chi connectivity index (χ0v) is 34.5. The molecule has 2 aromatic carbocycles. The van der Waals surface area contributed by atoms with Crippen molar-refractivity contribution in [2.75, 3.05) is 55.6 Å². The Morgan fingerprint density at radius 2 is 1.68 bits per heavy atom. The summed E-state index contributed by atoms with van der Waals surface area (Å²) < 4.78 is 7.56. The first-order valence-electron chi connectivity index (χ1n) is 20.3. The second kappa shape index (κ2) is 15.9. The van der Waals surface area contributed by atoms with Gasteiger partial charge in [0.1, 0.15) is 24.0 Å². The number of aromatic nitrogens is 4. The molecule has 1 saturated carbocycles. The fraction of sp³-hybridized carbons (Fsp3) is 0.488. The summed E-state index contributed by atoms with van der Waals surface area (Å²) in [5, 5.41) is 29.4. The molecule has 3 saturated heterocycles. The van der Waals surface area contributed by atoms with Crippen LogP contribution >= 0.6 is 11.6 Å². The molecule has 308 valence electrons. The molecule has 2 N–H and O–H groups in total. The van der Waals surface area contributed by atoms with Gasteiger partial charge in [-0.2, -0.15) is 10.4 Å². The fourth-order valence-corrected chi connectivity index (χ4v) is 10.0. The minimum absolute atomic E-state index is 0.179. The molecule has 0 radical (unpaired) electrons. The number of piperidine rings is 2. The molecule has 3 amide bonds. The van der Waals surface area contributed by atoms with Crippen molar-refractivity contribution in [1.82, 2.24) is 35.5 Å². The van der Waals surface area contributed by atoms with Crippen LogP contribution in [0.1, 0.15) is 75.5 Å². The second-order valence-electron chi connectivity index (χ2n) is 17.4. The van der Waals surface area contributed by atoms with Crippen LogP contribution in [0.2, 0.25) is 5.02 Å². The lowest BCUT2D eigenvalue weighted by Crippen LogP contribution is -2.74. The van der Waals surface area contributed by atoms with Crippen LogP contribution in [0, 0.1) is 28.1 Å². The number of nitrogens with zero attached hydrogens (tertiary/aromatic N) is 8. The smallest absolute Gasteiger partial charge is 0.275 e. The molecule has 8 rings (SSSR count). The Balaban J connectivity index is 0.792. The van der Waals surface area contributed by atoms with Gasteiger partial charge in [-0.3, -0.25) is 29.4 Å². The number of anilines is 2. The van der Waals surface area contributed by atoms with E-state index in [4.69, 9.17) is 16.3 Å². The number of hydrogen-bond donors (Lipinski definition) is 2. The second-order valence-corrected chi connectivity index (χ2v) is 17.8. The number of benzene rings is 2. The van der Waals surface area contributed by atoms with Crippen molar-refractivity contribution >= 4 is 51.6 Å². The van der Waals surface area contributed by atoms with Gasteiger partial charge < -0.3 is 19.9 Å². The van der Waals surface area contributed by atoms with E-state index in [1.807, 2.05) is 24.3 Å². The highest BCUT2D eigenvalue weighted by molar-refractivity contribution is 6.31. The standard InChI is InChI=1S/C43H49ClN10O5/c1-42(2)40(43(3,4)41(42)59-30-7-5-27(23-45)32(44)22-30)48-37(56)33-9-11-35(50-49-33)53-15-13-26(14-16-53)25-51-17-19-52(20-18-51)29-6-8-31-28(21-29)24-46-54(39(31)58)34-10-12-36(55)47-38(34)57/h5-9,11,21-22,24,26,34,40-41H,10,12-20,25H2,1-4H3,(H,48,56)(H,47,55,57)/t34-,40?,41?/m1/s1. The topological polar surface area (TPSA) is 179 Å². The Morgan fingerprint density at radius 1 is 0.932 bits per heavy atom. The largest absolute Gasteiger partial charge is 0.489 e. The van der Waals surface area contributed by atoms with Gasteiger partial charge in [0.05, 0.1) is 22.2 Å². The summed E-state index contributed by atoms with van der Waals surface area (Å²) in [4.78, 5) is 57.7. The molecular formula is C43H49ClN10O5. The molecule has 0 spiro atoms. The van der Waals surface area contributed by atoms with Crippen LogP contribution in [0.25, 0.3) is 10.8 Å². The van der Waals surface area contributed by atoms with Gasteiger partial charge in [-0.05, 0) is 67.6 Å². The molecule has 59 heavy (non-hydrogen) atoms. The quantitative estimate of drug-likeness (QED) is 0.229. The van der Waals surface area contributed by atoms with Gasteiger partial charge in [0.25, 0.3) is 17.4 Å². The first-order valence-corrected chi connectivity index (χ1v) is 20.7. The molecule has 2 aromatic heterocycles. The third kappa shape index (κ3) is 7.83. The van der Waals surface area contributed by atoms with E-state index in [0.717, 1.165) is 75.5 Å². The molecule has 0 bridgehead atoms. The van der Waals surface area contributed by atoms with Gasteiger partial charge in [0.15, 0.2) is 11.5 Å². The maximum atomic E-state index is 13.4. The van der Waals surface area contributed by atoms with Crippen LogP contribution in [0.15, 0.2) is 59.5 Å². The summed E-state index contributed by atoms with van der Waals surface area (Å²) in [5.74, 6) is 0.829. The van der Waals surface area contributed by atoms with Crippen LogP contribution in [0.5, 0.6) is 5.75 Å². The van der Waals surface area contributed by atoms with Crippen LogP contribution in [0.3, 0.4) is 0 Å². The average molecular weight is 821 g/mol. The Kier molecular flexibility index (Phi) is 10.8. The predicted octanol–water partition coefficient (Wildman–Crippen LogP) is 4.34. The molecular weight excluding hydrogens is 772 g/mol. The van der Waals surface area contributed by atoms with Crippen molar-refractivity contribution in [3.63, 3.8) is 0 Å². The van der Waals surface area contributed by atoms with E-state index in [1.165, 1.54) is 4.68 Å². The van der Waals surface area contributed by atoms with E-state index in [0.29, 0.717) is 27.6 Å². The fourth-order valence-electron chi connectivity index (χ4n) is 9.80. The minimum Gasteiger partial charge on any atom is -0.489 e. The monoisotopic (exact) mass is 820 g/mol. The summed E-state index contributed by atoms with van der Waals surface area (Å²) in [5.41, 5.74) is 0.583. The van der Waals surface area contributed by atoms with E-state index in [2.05, 4.69) is 74.4 Å². The summed E-state index contributed by atoms with van der Waals surface area (Å²) in [6, 6.07) is 15.5. The van der Waals surface area contributed by atoms with Crippen LogP contribution < -0.4 is 30.7 Å². The molecule has 4 fully saturated rings. The Morgan fingerprint density at radius 3 is 2.34 bits per heavy atom. The molecule has 16 heteroatoms. The first-order chi connectivity index (χ1) is 28.2. The zero-order valence-electron chi connectivity index (χ0n) is 33.8. The van der Waals surface area contributed by atoms with Crippen molar-refractivity contribution in [2.45, 2.75) is 71.6 Å². The molecule has 5 heterocycles. The lowest BCUT2D eigenvalue weighted by atomic mass is 9.49. The minimum atomic E-state index is -0.787. The van der Waals surface area contributed by atoms with Crippen LogP contribution in [-0.4, -0.2) is 101 Å². The number of imide groups is 1. The number of nitriles is 1. The van der Waals surface area contributed by atoms with E-state index >= 15 is 0 Å². The van der Waals surface area contributed by atoms with Gasteiger partial charge in [-0.15, -0.1) is 10.2 Å². The van der Waals surface area contributed by atoms with E-state index < -0.39 is 22.8 Å². The normalized spacial score (nSPS) is 23.3. The predicted molar refractivity (Wildman–Crippen MR) is 222 cm³/mol. The number of carbonyl (C=O) groups is 3. The van der Waals surface area contributed by atoms with Crippen LogP contribution in [-0.2, 0) is 9.59 Å². The summed E-state index contributed by atoms with van der Waals surface area (Å²) in [6.45, 7) is 14.7. The number of nitrogens with one attached hydrogen (secondary N) is 2. The van der Waals surface area contributed by atoms with E-state index in [1.54, 1.807) is 30.5 Å². The van der Waals surface area contributed by atoms with Crippen molar-refractivity contribution in [2.24, 2.45) is 16.7 Å². The molecule has 4 aliphatic rings. The number of ether oxygens (including phenoxy) is 1. The number of fused-ring (bicyclic) bond motifs is 1.